The Morgan fingerprint density at radius 3 is 2.81 bits per heavy atom. The van der Waals surface area contributed by atoms with Gasteiger partial charge in [0.25, 0.3) is 0 Å². The molecule has 0 aromatic heterocycles. The highest BCUT2D eigenvalue weighted by Crippen LogP contribution is 2.19. The van der Waals surface area contributed by atoms with E-state index in [-0.39, 0.29) is 12.1 Å². The molecule has 3 unspecified atom stereocenters. The van der Waals surface area contributed by atoms with Crippen LogP contribution < -0.4 is 5.32 Å². The molecule has 4 heteroatoms. The van der Waals surface area contributed by atoms with Crippen LogP contribution in [0, 0.1) is 5.92 Å². The molecule has 0 spiro atoms. The van der Waals surface area contributed by atoms with Crippen molar-refractivity contribution in [2.24, 2.45) is 5.92 Å². The van der Waals surface area contributed by atoms with Crippen molar-refractivity contribution in [1.29, 1.82) is 0 Å². The van der Waals surface area contributed by atoms with Crippen LogP contribution in [0.2, 0.25) is 0 Å². The minimum absolute atomic E-state index is 0.227. The maximum atomic E-state index is 11.2. The van der Waals surface area contributed by atoms with Crippen molar-refractivity contribution >= 4 is 6.09 Å². The van der Waals surface area contributed by atoms with Crippen molar-refractivity contribution in [3.8, 4) is 0 Å². The molecule has 1 heterocycles. The number of rotatable bonds is 3. The summed E-state index contributed by atoms with van der Waals surface area (Å²) in [5.74, 6) is 0.630. The molecule has 0 bridgehead atoms. The minimum Gasteiger partial charge on any atom is -0.453 e. The first-order chi connectivity index (χ1) is 7.56. The molecule has 1 saturated heterocycles. The molecule has 1 aliphatic heterocycles. The maximum Gasteiger partial charge on any atom is 0.407 e. The number of ether oxygens (including phenoxy) is 1. The topological polar surface area (TPSA) is 41.6 Å². The van der Waals surface area contributed by atoms with E-state index in [1.165, 1.54) is 7.11 Å². The summed E-state index contributed by atoms with van der Waals surface area (Å²) in [6, 6.07) is 0.815. The zero-order valence-electron chi connectivity index (χ0n) is 10.8. The largest absolute Gasteiger partial charge is 0.453 e. The van der Waals surface area contributed by atoms with E-state index >= 15 is 0 Å². The third-order valence-corrected chi connectivity index (χ3v) is 3.41. The summed E-state index contributed by atoms with van der Waals surface area (Å²) in [4.78, 5) is 13.6. The summed E-state index contributed by atoms with van der Waals surface area (Å²) in [5.41, 5.74) is 0. The van der Waals surface area contributed by atoms with Gasteiger partial charge in [-0.25, -0.2) is 4.79 Å². The first-order valence-electron chi connectivity index (χ1n) is 6.15. The highest BCUT2D eigenvalue weighted by atomic mass is 16.5. The Kier molecular flexibility index (Phi) is 5.06. The number of carbonyl (C=O) groups excluding carboxylic acids is 1. The zero-order valence-corrected chi connectivity index (χ0v) is 10.8. The second-order valence-corrected chi connectivity index (χ2v) is 4.88. The quantitative estimate of drug-likeness (QED) is 0.801. The number of carbonyl (C=O) groups is 1. The average Bonchev–Trinajstić information content (AvgIpc) is 2.27. The van der Waals surface area contributed by atoms with Crippen molar-refractivity contribution in [2.75, 3.05) is 20.2 Å². The molecule has 3 atom stereocenters. The molecule has 4 nitrogen and oxygen atoms in total. The number of alkyl carbamates (subject to hydrolysis) is 1. The Labute approximate surface area is 98.3 Å². The Balaban J connectivity index is 2.50. The number of likely N-dealkylation sites (tertiary alicyclic amines) is 1. The predicted octanol–water partition coefficient (Wildman–Crippen LogP) is 1.85. The molecule has 1 N–H and O–H groups in total. The molecule has 0 aliphatic carbocycles. The van der Waals surface area contributed by atoms with E-state index in [4.69, 9.17) is 0 Å². The molecule has 0 saturated carbocycles. The number of amides is 1. The van der Waals surface area contributed by atoms with Gasteiger partial charge < -0.3 is 10.1 Å². The Morgan fingerprint density at radius 1 is 1.56 bits per heavy atom. The normalized spacial score (nSPS) is 28.5. The number of nitrogens with zero attached hydrogens (tertiary/aromatic N) is 1. The number of methoxy groups -OCH3 is 1. The fourth-order valence-electron chi connectivity index (χ4n) is 2.34. The fraction of sp³-hybridized carbons (Fsp3) is 0.917. The van der Waals surface area contributed by atoms with Crippen molar-refractivity contribution in [3.05, 3.63) is 0 Å². The maximum absolute atomic E-state index is 11.2. The lowest BCUT2D eigenvalue weighted by Gasteiger charge is -2.39. The SMILES string of the molecule is CCC(C)N1CC(C)CC(NC(=O)OC)C1. The molecule has 0 aromatic rings. The lowest BCUT2D eigenvalue weighted by atomic mass is 9.94. The molecule has 1 amide bonds. The Bertz CT molecular complexity index is 233. The molecule has 1 rings (SSSR count). The van der Waals surface area contributed by atoms with Crippen LogP contribution in [0.1, 0.15) is 33.6 Å². The van der Waals surface area contributed by atoms with Gasteiger partial charge in [-0.1, -0.05) is 13.8 Å². The van der Waals surface area contributed by atoms with E-state index in [0.717, 1.165) is 25.9 Å². The summed E-state index contributed by atoms with van der Waals surface area (Å²) in [7, 11) is 1.41. The van der Waals surface area contributed by atoms with Gasteiger partial charge in [0.1, 0.15) is 0 Å². The van der Waals surface area contributed by atoms with E-state index < -0.39 is 0 Å². The van der Waals surface area contributed by atoms with Crippen LogP contribution >= 0.6 is 0 Å². The van der Waals surface area contributed by atoms with Crippen LogP contribution in [0.3, 0.4) is 0 Å². The molecule has 1 fully saturated rings. The molecule has 0 radical (unpaired) electrons. The van der Waals surface area contributed by atoms with E-state index in [1.807, 2.05) is 0 Å². The van der Waals surface area contributed by atoms with Crippen molar-refractivity contribution in [3.63, 3.8) is 0 Å². The van der Waals surface area contributed by atoms with Gasteiger partial charge in [-0.2, -0.15) is 0 Å². The average molecular weight is 228 g/mol. The third-order valence-electron chi connectivity index (χ3n) is 3.41. The van der Waals surface area contributed by atoms with Crippen LogP contribution in [-0.2, 0) is 4.74 Å². The van der Waals surface area contributed by atoms with E-state index in [0.29, 0.717) is 12.0 Å². The van der Waals surface area contributed by atoms with Gasteiger partial charge in [-0.15, -0.1) is 0 Å². The van der Waals surface area contributed by atoms with E-state index in [1.54, 1.807) is 0 Å². The second kappa shape index (κ2) is 6.09. The zero-order chi connectivity index (χ0) is 12.1. The van der Waals surface area contributed by atoms with Gasteiger partial charge in [0, 0.05) is 25.2 Å². The summed E-state index contributed by atoms with van der Waals surface area (Å²) in [6.45, 7) is 8.75. The molecular formula is C12H24N2O2. The monoisotopic (exact) mass is 228 g/mol. The van der Waals surface area contributed by atoms with Crippen LogP contribution in [0.25, 0.3) is 0 Å². The fourth-order valence-corrected chi connectivity index (χ4v) is 2.34. The molecule has 16 heavy (non-hydrogen) atoms. The molecule has 94 valence electrons. The van der Waals surface area contributed by atoms with Crippen molar-refractivity contribution in [2.45, 2.75) is 45.7 Å². The number of hydrogen-bond donors (Lipinski definition) is 1. The summed E-state index contributed by atoms with van der Waals surface area (Å²) in [6.07, 6.45) is 1.88. The molecule has 1 aliphatic rings. The Hall–Kier alpha value is -0.770. The van der Waals surface area contributed by atoms with Gasteiger partial charge in [0.05, 0.1) is 7.11 Å². The number of hydrogen-bond acceptors (Lipinski definition) is 3. The van der Waals surface area contributed by atoms with Crippen LogP contribution in [0.15, 0.2) is 0 Å². The minimum atomic E-state index is -0.316. The first-order valence-corrected chi connectivity index (χ1v) is 6.15. The lowest BCUT2D eigenvalue weighted by molar-refractivity contribution is 0.102. The summed E-state index contributed by atoms with van der Waals surface area (Å²) >= 11 is 0. The molecular weight excluding hydrogens is 204 g/mol. The van der Waals surface area contributed by atoms with Crippen LogP contribution in [0.5, 0.6) is 0 Å². The van der Waals surface area contributed by atoms with Gasteiger partial charge in [-0.05, 0) is 25.7 Å². The van der Waals surface area contributed by atoms with Gasteiger partial charge in [0.15, 0.2) is 0 Å². The predicted molar refractivity (Wildman–Crippen MR) is 64.4 cm³/mol. The summed E-state index contributed by atoms with van der Waals surface area (Å²) in [5, 5.41) is 2.91. The van der Waals surface area contributed by atoms with E-state index in [2.05, 4.69) is 35.7 Å². The van der Waals surface area contributed by atoms with Gasteiger partial charge in [-0.3, -0.25) is 4.90 Å². The van der Waals surface area contributed by atoms with E-state index in [9.17, 15) is 4.79 Å². The van der Waals surface area contributed by atoms with Crippen LogP contribution in [-0.4, -0.2) is 43.3 Å². The highest BCUT2D eigenvalue weighted by molar-refractivity contribution is 5.67. The number of nitrogens with one attached hydrogen (secondary N) is 1. The summed E-state index contributed by atoms with van der Waals surface area (Å²) < 4.78 is 4.64. The molecule has 0 aromatic carbocycles. The van der Waals surface area contributed by atoms with Gasteiger partial charge >= 0.3 is 6.09 Å². The third kappa shape index (κ3) is 3.67. The van der Waals surface area contributed by atoms with Crippen molar-refractivity contribution < 1.29 is 9.53 Å². The standard InChI is InChI=1S/C12H24N2O2/c1-5-10(3)14-7-9(2)6-11(8-14)13-12(15)16-4/h9-11H,5-8H2,1-4H3,(H,13,15). The second-order valence-electron chi connectivity index (χ2n) is 4.88. The van der Waals surface area contributed by atoms with Gasteiger partial charge in [0.2, 0.25) is 0 Å². The first kappa shape index (κ1) is 13.3. The Morgan fingerprint density at radius 2 is 2.25 bits per heavy atom. The van der Waals surface area contributed by atoms with Crippen LogP contribution in [0.4, 0.5) is 4.79 Å². The smallest absolute Gasteiger partial charge is 0.407 e. The highest BCUT2D eigenvalue weighted by Gasteiger charge is 2.27. The number of piperidine rings is 1. The van der Waals surface area contributed by atoms with Crippen molar-refractivity contribution in [1.82, 2.24) is 10.2 Å². The lowest BCUT2D eigenvalue weighted by Crippen LogP contribution is -2.52.